The van der Waals surface area contributed by atoms with Gasteiger partial charge in [0.15, 0.2) is 0 Å². The minimum absolute atomic E-state index is 0.0549. The Morgan fingerprint density at radius 2 is 1.85 bits per heavy atom. The number of aromatic nitrogens is 1. The number of hydrogen-bond acceptors (Lipinski definition) is 4. The van der Waals surface area contributed by atoms with Gasteiger partial charge in [-0.05, 0) is 43.0 Å². The SMILES string of the molecule is CCCCCC(CC(=O)Nc1cc(C(=O)O)ccc1-c1ccc(C)cc1)c1cccnc1OC. The molecular formula is C28H32N2O4. The molecule has 178 valence electrons. The predicted molar refractivity (Wildman–Crippen MR) is 134 cm³/mol. The van der Waals surface area contributed by atoms with Crippen LogP contribution in [-0.2, 0) is 4.79 Å². The number of rotatable bonds is 11. The van der Waals surface area contributed by atoms with Gasteiger partial charge in [0.1, 0.15) is 0 Å². The van der Waals surface area contributed by atoms with Crippen LogP contribution in [0.2, 0.25) is 0 Å². The number of carbonyl (C=O) groups excluding carboxylic acids is 1. The molecular weight excluding hydrogens is 428 g/mol. The van der Waals surface area contributed by atoms with Crippen molar-refractivity contribution < 1.29 is 19.4 Å². The Morgan fingerprint density at radius 3 is 2.53 bits per heavy atom. The second kappa shape index (κ2) is 12.0. The van der Waals surface area contributed by atoms with Crippen molar-refractivity contribution in [2.75, 3.05) is 12.4 Å². The van der Waals surface area contributed by atoms with Gasteiger partial charge in [-0.25, -0.2) is 9.78 Å². The van der Waals surface area contributed by atoms with Gasteiger partial charge in [0, 0.05) is 29.4 Å². The smallest absolute Gasteiger partial charge is 0.335 e. The standard InChI is InChI=1S/C28H32N2O4/c1-4-5-6-8-21(24-9-7-16-29-27(24)34-3)18-26(31)30-25-17-22(28(32)33)14-15-23(25)20-12-10-19(2)11-13-20/h7,9-17,21H,4-6,8,18H2,1-3H3,(H,30,31)(H,32,33). The highest BCUT2D eigenvalue weighted by molar-refractivity contribution is 5.99. The van der Waals surface area contributed by atoms with E-state index in [9.17, 15) is 14.7 Å². The molecule has 0 saturated carbocycles. The first-order valence-corrected chi connectivity index (χ1v) is 11.7. The molecule has 34 heavy (non-hydrogen) atoms. The Labute approximate surface area is 201 Å². The Bertz CT molecular complexity index is 1130. The molecule has 2 N–H and O–H groups in total. The zero-order chi connectivity index (χ0) is 24.5. The van der Waals surface area contributed by atoms with Crippen LogP contribution in [0.15, 0.2) is 60.8 Å². The number of amides is 1. The third-order valence-corrected chi connectivity index (χ3v) is 5.92. The lowest BCUT2D eigenvalue weighted by molar-refractivity contribution is -0.116. The number of methoxy groups -OCH3 is 1. The molecule has 3 aromatic rings. The number of aryl methyl sites for hydroxylation is 1. The van der Waals surface area contributed by atoms with Crippen LogP contribution >= 0.6 is 0 Å². The fourth-order valence-electron chi connectivity index (χ4n) is 4.08. The largest absolute Gasteiger partial charge is 0.481 e. The molecule has 0 aliphatic carbocycles. The summed E-state index contributed by atoms with van der Waals surface area (Å²) in [5.41, 5.74) is 4.33. The summed E-state index contributed by atoms with van der Waals surface area (Å²) >= 11 is 0. The van der Waals surface area contributed by atoms with Crippen LogP contribution in [0.1, 0.15) is 66.4 Å². The third kappa shape index (κ3) is 6.44. The molecule has 0 aliphatic rings. The number of benzene rings is 2. The quantitative estimate of drug-likeness (QED) is 0.321. The normalized spacial score (nSPS) is 11.6. The molecule has 0 aliphatic heterocycles. The van der Waals surface area contributed by atoms with Crippen molar-refractivity contribution in [2.24, 2.45) is 0 Å². The number of nitrogens with one attached hydrogen (secondary N) is 1. The zero-order valence-corrected chi connectivity index (χ0v) is 20.0. The van der Waals surface area contributed by atoms with E-state index in [1.807, 2.05) is 43.3 Å². The molecule has 1 amide bonds. The van der Waals surface area contributed by atoms with Gasteiger partial charge in [-0.3, -0.25) is 4.79 Å². The van der Waals surface area contributed by atoms with Gasteiger partial charge in [0.2, 0.25) is 11.8 Å². The van der Waals surface area contributed by atoms with Crippen molar-refractivity contribution in [3.8, 4) is 17.0 Å². The summed E-state index contributed by atoms with van der Waals surface area (Å²) in [4.78, 5) is 29.1. The minimum Gasteiger partial charge on any atom is -0.481 e. The second-order valence-corrected chi connectivity index (χ2v) is 8.48. The molecule has 1 unspecified atom stereocenters. The topological polar surface area (TPSA) is 88.5 Å². The summed E-state index contributed by atoms with van der Waals surface area (Å²) in [6.07, 6.45) is 5.93. The number of carboxylic acid groups (broad SMARTS) is 1. The van der Waals surface area contributed by atoms with E-state index in [1.165, 1.54) is 6.07 Å². The maximum atomic E-state index is 13.2. The molecule has 0 spiro atoms. The van der Waals surface area contributed by atoms with Crippen molar-refractivity contribution in [1.82, 2.24) is 4.98 Å². The summed E-state index contributed by atoms with van der Waals surface area (Å²) in [6.45, 7) is 4.15. The highest BCUT2D eigenvalue weighted by Gasteiger charge is 2.21. The third-order valence-electron chi connectivity index (χ3n) is 5.92. The number of anilines is 1. The van der Waals surface area contributed by atoms with Gasteiger partial charge in [0.25, 0.3) is 0 Å². The number of ether oxygens (including phenoxy) is 1. The molecule has 2 aromatic carbocycles. The Morgan fingerprint density at radius 1 is 1.09 bits per heavy atom. The summed E-state index contributed by atoms with van der Waals surface area (Å²) in [7, 11) is 1.58. The molecule has 0 fully saturated rings. The predicted octanol–water partition coefficient (Wildman–Crippen LogP) is 6.46. The fraction of sp³-hybridized carbons (Fsp3) is 0.321. The van der Waals surface area contributed by atoms with Crippen molar-refractivity contribution in [3.63, 3.8) is 0 Å². The first-order valence-electron chi connectivity index (χ1n) is 11.7. The molecule has 0 radical (unpaired) electrons. The summed E-state index contributed by atoms with van der Waals surface area (Å²) in [6, 6.07) is 16.5. The van der Waals surface area contributed by atoms with Crippen LogP contribution in [0.25, 0.3) is 11.1 Å². The summed E-state index contributed by atoms with van der Waals surface area (Å²) < 4.78 is 5.45. The van der Waals surface area contributed by atoms with E-state index < -0.39 is 5.97 Å². The van der Waals surface area contributed by atoms with Gasteiger partial charge < -0.3 is 15.2 Å². The van der Waals surface area contributed by atoms with Gasteiger partial charge in [-0.1, -0.05) is 68.1 Å². The Balaban J connectivity index is 1.89. The van der Waals surface area contributed by atoms with Crippen molar-refractivity contribution in [2.45, 2.75) is 51.9 Å². The number of nitrogens with zero attached hydrogens (tertiary/aromatic N) is 1. The zero-order valence-electron chi connectivity index (χ0n) is 20.0. The average molecular weight is 461 g/mol. The Hall–Kier alpha value is -3.67. The molecule has 1 atom stereocenters. The van der Waals surface area contributed by atoms with E-state index in [1.54, 1.807) is 25.4 Å². The van der Waals surface area contributed by atoms with Crippen LogP contribution in [-0.4, -0.2) is 29.1 Å². The molecule has 0 bridgehead atoms. The molecule has 6 heteroatoms. The lowest BCUT2D eigenvalue weighted by Crippen LogP contribution is -2.17. The summed E-state index contributed by atoms with van der Waals surface area (Å²) in [5.74, 6) is -0.738. The number of carboxylic acids is 1. The molecule has 3 rings (SSSR count). The van der Waals surface area contributed by atoms with E-state index >= 15 is 0 Å². The van der Waals surface area contributed by atoms with E-state index in [-0.39, 0.29) is 23.8 Å². The van der Waals surface area contributed by atoms with Crippen molar-refractivity contribution in [1.29, 1.82) is 0 Å². The van der Waals surface area contributed by atoms with E-state index in [2.05, 4.69) is 17.2 Å². The molecule has 6 nitrogen and oxygen atoms in total. The maximum absolute atomic E-state index is 13.2. The van der Waals surface area contributed by atoms with Crippen molar-refractivity contribution >= 4 is 17.6 Å². The Kier molecular flexibility index (Phi) is 8.79. The lowest BCUT2D eigenvalue weighted by Gasteiger charge is -2.20. The van der Waals surface area contributed by atoms with E-state index in [0.29, 0.717) is 11.6 Å². The van der Waals surface area contributed by atoms with E-state index in [0.717, 1.165) is 47.9 Å². The summed E-state index contributed by atoms with van der Waals surface area (Å²) in [5, 5.41) is 12.5. The van der Waals surface area contributed by atoms with Crippen LogP contribution in [0.4, 0.5) is 5.69 Å². The van der Waals surface area contributed by atoms with Crippen LogP contribution in [0, 0.1) is 6.92 Å². The molecule has 0 saturated heterocycles. The second-order valence-electron chi connectivity index (χ2n) is 8.48. The molecule has 1 heterocycles. The van der Waals surface area contributed by atoms with Gasteiger partial charge in [0.05, 0.1) is 12.7 Å². The molecule has 1 aromatic heterocycles. The average Bonchev–Trinajstić information content (AvgIpc) is 2.84. The highest BCUT2D eigenvalue weighted by atomic mass is 16.5. The number of unbranched alkanes of at least 4 members (excludes halogenated alkanes) is 2. The van der Waals surface area contributed by atoms with Crippen LogP contribution in [0.5, 0.6) is 5.88 Å². The van der Waals surface area contributed by atoms with Gasteiger partial charge in [-0.2, -0.15) is 0 Å². The van der Waals surface area contributed by atoms with Gasteiger partial charge >= 0.3 is 5.97 Å². The lowest BCUT2D eigenvalue weighted by atomic mass is 9.90. The fourth-order valence-corrected chi connectivity index (χ4v) is 4.08. The number of aromatic carboxylic acids is 1. The number of pyridine rings is 1. The van der Waals surface area contributed by atoms with E-state index in [4.69, 9.17) is 4.74 Å². The van der Waals surface area contributed by atoms with Crippen LogP contribution in [0.3, 0.4) is 0 Å². The number of hydrogen-bond donors (Lipinski definition) is 2. The number of carbonyl (C=O) groups is 2. The van der Waals surface area contributed by atoms with Gasteiger partial charge in [-0.15, -0.1) is 0 Å². The first-order chi connectivity index (χ1) is 16.4. The highest BCUT2D eigenvalue weighted by Crippen LogP contribution is 2.34. The van der Waals surface area contributed by atoms with Crippen LogP contribution < -0.4 is 10.1 Å². The monoisotopic (exact) mass is 460 g/mol. The van der Waals surface area contributed by atoms with Crippen molar-refractivity contribution in [3.05, 3.63) is 77.5 Å². The first kappa shape index (κ1) is 25.0. The minimum atomic E-state index is -1.04. The maximum Gasteiger partial charge on any atom is 0.335 e.